The second-order valence-corrected chi connectivity index (χ2v) is 8.37. The molecule has 2 N–H and O–H groups in total. The van der Waals surface area contributed by atoms with Gasteiger partial charge in [0.15, 0.2) is 0 Å². The molecule has 2 aromatic rings. The minimum Gasteiger partial charge on any atom is -0.345 e. The van der Waals surface area contributed by atoms with Crippen molar-refractivity contribution in [2.75, 3.05) is 23.3 Å². The Bertz CT molecular complexity index is 1110. The number of rotatable bonds is 6. The van der Waals surface area contributed by atoms with Crippen LogP contribution in [0.15, 0.2) is 48.5 Å². The molecule has 2 fully saturated rings. The van der Waals surface area contributed by atoms with Gasteiger partial charge in [-0.25, -0.2) is 0 Å². The van der Waals surface area contributed by atoms with Crippen LogP contribution in [0.1, 0.15) is 47.6 Å². The van der Waals surface area contributed by atoms with Crippen molar-refractivity contribution in [3.63, 3.8) is 0 Å². The van der Waals surface area contributed by atoms with Crippen LogP contribution >= 0.6 is 0 Å². The average molecular weight is 432 g/mol. The number of para-hydroxylation sites is 2. The van der Waals surface area contributed by atoms with Crippen LogP contribution in [0.2, 0.25) is 0 Å². The van der Waals surface area contributed by atoms with E-state index in [1.54, 1.807) is 46.2 Å². The molecule has 1 saturated carbocycles. The fourth-order valence-corrected chi connectivity index (χ4v) is 4.51. The summed E-state index contributed by atoms with van der Waals surface area (Å²) in [6, 6.07) is 13.6. The highest BCUT2D eigenvalue weighted by molar-refractivity contribution is 6.06. The maximum atomic E-state index is 13.0. The minimum atomic E-state index is -0.714. The number of hydrogen-bond donors (Lipinski definition) is 2. The molecule has 8 heteroatoms. The predicted octanol–water partition coefficient (Wildman–Crippen LogP) is 2.23. The molecule has 32 heavy (non-hydrogen) atoms. The number of benzene rings is 2. The molecule has 0 spiro atoms. The van der Waals surface area contributed by atoms with E-state index in [1.165, 1.54) is 0 Å². The van der Waals surface area contributed by atoms with E-state index in [0.29, 0.717) is 35.5 Å². The second kappa shape index (κ2) is 8.11. The summed E-state index contributed by atoms with van der Waals surface area (Å²) in [4.78, 5) is 53.9. The average Bonchev–Trinajstić information content (AvgIpc) is 3.48. The van der Waals surface area contributed by atoms with E-state index in [-0.39, 0.29) is 30.3 Å². The van der Waals surface area contributed by atoms with Crippen molar-refractivity contribution in [3.05, 3.63) is 59.7 Å². The van der Waals surface area contributed by atoms with Gasteiger partial charge in [0.25, 0.3) is 5.91 Å². The lowest BCUT2D eigenvalue weighted by atomic mass is 10.0. The topological polar surface area (TPSA) is 98.8 Å². The zero-order valence-corrected chi connectivity index (χ0v) is 17.5. The number of amides is 4. The fourth-order valence-electron chi connectivity index (χ4n) is 4.51. The molecule has 2 aliphatic heterocycles. The monoisotopic (exact) mass is 432 g/mol. The number of nitrogens with zero attached hydrogens (tertiary/aromatic N) is 2. The van der Waals surface area contributed by atoms with Gasteiger partial charge in [-0.1, -0.05) is 30.3 Å². The minimum absolute atomic E-state index is 0.0322. The van der Waals surface area contributed by atoms with Crippen molar-refractivity contribution in [1.82, 2.24) is 10.2 Å². The van der Waals surface area contributed by atoms with E-state index >= 15 is 0 Å². The quantitative estimate of drug-likeness (QED) is 0.731. The zero-order valence-electron chi connectivity index (χ0n) is 17.5. The molecule has 1 aliphatic carbocycles. The number of nitrogens with one attached hydrogen (secondary N) is 2. The van der Waals surface area contributed by atoms with Crippen molar-refractivity contribution >= 4 is 35.0 Å². The molecular formula is C24H24N4O4. The molecule has 3 aliphatic rings. The molecule has 0 aromatic heterocycles. The largest absolute Gasteiger partial charge is 0.345 e. The van der Waals surface area contributed by atoms with Crippen LogP contribution in [0.5, 0.6) is 0 Å². The second-order valence-electron chi connectivity index (χ2n) is 8.37. The molecule has 164 valence electrons. The Morgan fingerprint density at radius 3 is 2.50 bits per heavy atom. The molecule has 8 nitrogen and oxygen atoms in total. The molecule has 1 unspecified atom stereocenters. The highest BCUT2D eigenvalue weighted by Crippen LogP contribution is 2.41. The van der Waals surface area contributed by atoms with E-state index in [4.69, 9.17) is 0 Å². The Hall–Kier alpha value is -3.68. The van der Waals surface area contributed by atoms with E-state index in [9.17, 15) is 19.2 Å². The maximum absolute atomic E-state index is 13.0. The van der Waals surface area contributed by atoms with Crippen LogP contribution in [0.3, 0.4) is 0 Å². The van der Waals surface area contributed by atoms with E-state index in [2.05, 4.69) is 10.6 Å². The standard InChI is InChI=1S/C24H24N4O4/c29-20(26-18-8-3-4-9-19(18)27-13-5-10-21(27)30)14-25-23(31)22-16-6-1-2-7-17(16)24(32)28(22)15-11-12-15/h1-4,6-9,15,22H,5,10-14H2,(H,25,31)(H,26,29). The van der Waals surface area contributed by atoms with Gasteiger partial charge in [0.1, 0.15) is 6.04 Å². The van der Waals surface area contributed by atoms with Crippen molar-refractivity contribution in [2.45, 2.75) is 37.8 Å². The number of fused-ring (bicyclic) bond motifs is 1. The van der Waals surface area contributed by atoms with Gasteiger partial charge in [0.2, 0.25) is 17.7 Å². The molecule has 0 bridgehead atoms. The Balaban J connectivity index is 1.27. The molecule has 1 saturated heterocycles. The first-order valence-electron chi connectivity index (χ1n) is 10.9. The van der Waals surface area contributed by atoms with Crippen molar-refractivity contribution in [2.24, 2.45) is 0 Å². The molecule has 4 amide bonds. The Morgan fingerprint density at radius 2 is 1.75 bits per heavy atom. The Labute approximate surface area is 185 Å². The number of carbonyl (C=O) groups is 4. The van der Waals surface area contributed by atoms with Gasteiger partial charge in [0, 0.05) is 24.6 Å². The first kappa shape index (κ1) is 20.2. The van der Waals surface area contributed by atoms with Crippen LogP contribution in [-0.4, -0.2) is 47.7 Å². The summed E-state index contributed by atoms with van der Waals surface area (Å²) >= 11 is 0. The first-order valence-corrected chi connectivity index (χ1v) is 10.9. The van der Waals surface area contributed by atoms with Gasteiger partial charge in [-0.05, 0) is 43.0 Å². The summed E-state index contributed by atoms with van der Waals surface area (Å²) in [5, 5.41) is 5.49. The Kier molecular flexibility index (Phi) is 5.13. The van der Waals surface area contributed by atoms with Crippen LogP contribution in [0.4, 0.5) is 11.4 Å². The Morgan fingerprint density at radius 1 is 1.00 bits per heavy atom. The summed E-state index contributed by atoms with van der Waals surface area (Å²) in [6.07, 6.45) is 3.06. The smallest absolute Gasteiger partial charge is 0.255 e. The fraction of sp³-hybridized carbons (Fsp3) is 0.333. The SMILES string of the molecule is O=C(CNC(=O)C1c2ccccc2C(=O)N1C1CC1)Nc1ccccc1N1CCCC1=O. The van der Waals surface area contributed by atoms with Crippen molar-refractivity contribution < 1.29 is 19.2 Å². The molecule has 2 heterocycles. The first-order chi connectivity index (χ1) is 15.5. The summed E-state index contributed by atoms with van der Waals surface area (Å²) < 4.78 is 0. The number of carbonyl (C=O) groups excluding carboxylic acids is 4. The van der Waals surface area contributed by atoms with Gasteiger partial charge >= 0.3 is 0 Å². The number of anilines is 2. The highest BCUT2D eigenvalue weighted by atomic mass is 16.2. The summed E-state index contributed by atoms with van der Waals surface area (Å²) in [7, 11) is 0. The third-order valence-electron chi connectivity index (χ3n) is 6.15. The number of hydrogen-bond acceptors (Lipinski definition) is 4. The van der Waals surface area contributed by atoms with Crippen LogP contribution in [-0.2, 0) is 14.4 Å². The summed E-state index contributed by atoms with van der Waals surface area (Å²) in [5.41, 5.74) is 2.42. The van der Waals surface area contributed by atoms with Gasteiger partial charge in [0.05, 0.1) is 17.9 Å². The van der Waals surface area contributed by atoms with Crippen LogP contribution < -0.4 is 15.5 Å². The van der Waals surface area contributed by atoms with E-state index < -0.39 is 11.9 Å². The van der Waals surface area contributed by atoms with Crippen molar-refractivity contribution in [1.29, 1.82) is 0 Å². The normalized spacial score (nSPS) is 19.8. The van der Waals surface area contributed by atoms with Gasteiger partial charge in [-0.3, -0.25) is 19.2 Å². The van der Waals surface area contributed by atoms with Crippen LogP contribution in [0, 0.1) is 0 Å². The van der Waals surface area contributed by atoms with Gasteiger partial charge < -0.3 is 20.4 Å². The lowest BCUT2D eigenvalue weighted by Gasteiger charge is -2.24. The van der Waals surface area contributed by atoms with Gasteiger partial charge in [-0.2, -0.15) is 0 Å². The summed E-state index contributed by atoms with van der Waals surface area (Å²) in [6.45, 7) is 0.390. The molecule has 2 aromatic carbocycles. The third kappa shape index (κ3) is 3.62. The zero-order chi connectivity index (χ0) is 22.2. The van der Waals surface area contributed by atoms with Crippen molar-refractivity contribution in [3.8, 4) is 0 Å². The van der Waals surface area contributed by atoms with E-state index in [1.807, 2.05) is 12.1 Å². The molecule has 1 atom stereocenters. The molecular weight excluding hydrogens is 408 g/mol. The highest BCUT2D eigenvalue weighted by Gasteiger charge is 2.47. The lowest BCUT2D eigenvalue weighted by molar-refractivity contribution is -0.127. The molecule has 0 radical (unpaired) electrons. The van der Waals surface area contributed by atoms with Crippen LogP contribution in [0.25, 0.3) is 0 Å². The summed E-state index contributed by atoms with van der Waals surface area (Å²) in [5.74, 6) is -0.858. The lowest BCUT2D eigenvalue weighted by Crippen LogP contribution is -2.42. The van der Waals surface area contributed by atoms with E-state index in [0.717, 1.165) is 19.3 Å². The molecule has 5 rings (SSSR count). The maximum Gasteiger partial charge on any atom is 0.255 e. The third-order valence-corrected chi connectivity index (χ3v) is 6.15. The van der Waals surface area contributed by atoms with Gasteiger partial charge in [-0.15, -0.1) is 0 Å². The predicted molar refractivity (Wildman–Crippen MR) is 118 cm³/mol.